The largest absolute Gasteiger partial charge is 0.444 e. The van der Waals surface area contributed by atoms with E-state index in [0.29, 0.717) is 13.0 Å². The Kier molecular flexibility index (Phi) is 4.39. The second-order valence-corrected chi connectivity index (χ2v) is 5.65. The van der Waals surface area contributed by atoms with Gasteiger partial charge in [0.05, 0.1) is 0 Å². The van der Waals surface area contributed by atoms with Crippen LogP contribution in [-0.4, -0.2) is 60.1 Å². The molecule has 1 aliphatic heterocycles. The van der Waals surface area contributed by atoms with E-state index in [9.17, 15) is 14.4 Å². The molecule has 0 radical (unpaired) electrons. The maximum Gasteiger partial charge on any atom is 0.408 e. The van der Waals surface area contributed by atoms with Crippen LogP contribution in [0.2, 0.25) is 0 Å². The topological polar surface area (TPSA) is 79.0 Å². The zero-order valence-electron chi connectivity index (χ0n) is 12.0. The monoisotopic (exact) mass is 271 g/mol. The van der Waals surface area contributed by atoms with Crippen molar-refractivity contribution in [2.24, 2.45) is 0 Å². The number of rotatable bonds is 1. The van der Waals surface area contributed by atoms with Gasteiger partial charge in [-0.1, -0.05) is 0 Å². The highest BCUT2D eigenvalue weighted by molar-refractivity contribution is 5.99. The smallest absolute Gasteiger partial charge is 0.408 e. The Morgan fingerprint density at radius 2 is 1.95 bits per heavy atom. The van der Waals surface area contributed by atoms with E-state index in [1.54, 1.807) is 34.9 Å². The minimum Gasteiger partial charge on any atom is -0.444 e. The van der Waals surface area contributed by atoms with Crippen molar-refractivity contribution in [1.82, 2.24) is 15.1 Å². The van der Waals surface area contributed by atoms with E-state index in [4.69, 9.17) is 4.74 Å². The molecule has 1 aliphatic rings. The molecule has 0 aromatic heterocycles. The molecule has 0 spiro atoms. The van der Waals surface area contributed by atoms with Crippen molar-refractivity contribution in [1.29, 1.82) is 0 Å². The second kappa shape index (κ2) is 5.46. The van der Waals surface area contributed by atoms with Gasteiger partial charge >= 0.3 is 12.1 Å². The fraction of sp³-hybridized carbons (Fsp3) is 0.750. The number of alkyl carbamates (subject to hydrolysis) is 1. The van der Waals surface area contributed by atoms with Gasteiger partial charge in [0.1, 0.15) is 11.6 Å². The molecule has 0 aromatic rings. The number of nitrogens with one attached hydrogen (secondary N) is 1. The van der Waals surface area contributed by atoms with Gasteiger partial charge in [-0.05, 0) is 27.2 Å². The zero-order chi connectivity index (χ0) is 14.8. The Labute approximate surface area is 112 Å². The number of ether oxygens (including phenoxy) is 1. The van der Waals surface area contributed by atoms with Gasteiger partial charge in [-0.3, -0.25) is 9.69 Å². The maximum absolute atomic E-state index is 12.0. The Bertz CT molecular complexity index is 387. The maximum atomic E-state index is 12.0. The summed E-state index contributed by atoms with van der Waals surface area (Å²) in [5.74, 6) is -0.399. The lowest BCUT2D eigenvalue weighted by Crippen LogP contribution is -2.47. The highest BCUT2D eigenvalue weighted by Crippen LogP contribution is 2.14. The van der Waals surface area contributed by atoms with Crippen LogP contribution in [0.1, 0.15) is 27.2 Å². The van der Waals surface area contributed by atoms with Crippen molar-refractivity contribution in [3.8, 4) is 0 Å². The summed E-state index contributed by atoms with van der Waals surface area (Å²) in [5.41, 5.74) is -0.620. The van der Waals surface area contributed by atoms with E-state index in [1.165, 1.54) is 4.90 Å². The van der Waals surface area contributed by atoms with E-state index in [-0.39, 0.29) is 6.03 Å². The SMILES string of the molecule is CN(C)C(=O)N1CC[C@H](NC(=O)OC(C)(C)C)C1=O. The molecule has 1 N–H and O–H groups in total. The van der Waals surface area contributed by atoms with Crippen molar-refractivity contribution in [2.75, 3.05) is 20.6 Å². The normalized spacial score (nSPS) is 19.3. The molecule has 0 bridgehead atoms. The number of amides is 4. The molecule has 7 nitrogen and oxygen atoms in total. The van der Waals surface area contributed by atoms with Crippen molar-refractivity contribution >= 4 is 18.0 Å². The minimum absolute atomic E-state index is 0.302. The molecule has 0 unspecified atom stereocenters. The van der Waals surface area contributed by atoms with Crippen LogP contribution in [0, 0.1) is 0 Å². The third-order valence-electron chi connectivity index (χ3n) is 2.51. The number of nitrogens with zero attached hydrogens (tertiary/aromatic N) is 2. The van der Waals surface area contributed by atoms with E-state index < -0.39 is 23.6 Å². The number of carbonyl (C=O) groups is 3. The fourth-order valence-electron chi connectivity index (χ4n) is 1.70. The predicted molar refractivity (Wildman–Crippen MR) is 68.6 cm³/mol. The lowest BCUT2D eigenvalue weighted by atomic mass is 10.2. The van der Waals surface area contributed by atoms with E-state index in [1.807, 2.05) is 0 Å². The van der Waals surface area contributed by atoms with Gasteiger partial charge in [-0.2, -0.15) is 0 Å². The van der Waals surface area contributed by atoms with Crippen LogP contribution in [0.3, 0.4) is 0 Å². The molecular formula is C12H21N3O4. The predicted octanol–water partition coefficient (Wildman–Crippen LogP) is 0.794. The van der Waals surface area contributed by atoms with Crippen LogP contribution in [-0.2, 0) is 9.53 Å². The first-order valence-corrected chi connectivity index (χ1v) is 6.14. The summed E-state index contributed by atoms with van der Waals surface area (Å²) in [6.45, 7) is 5.52. The number of hydrogen-bond donors (Lipinski definition) is 1. The van der Waals surface area contributed by atoms with Gasteiger partial charge in [-0.25, -0.2) is 9.59 Å². The van der Waals surface area contributed by atoms with Crippen molar-refractivity contribution in [3.63, 3.8) is 0 Å². The van der Waals surface area contributed by atoms with Gasteiger partial charge < -0.3 is 15.0 Å². The average molecular weight is 271 g/mol. The van der Waals surface area contributed by atoms with Crippen molar-refractivity contribution in [2.45, 2.75) is 38.8 Å². The third kappa shape index (κ3) is 4.11. The number of carbonyl (C=O) groups excluding carboxylic acids is 3. The second-order valence-electron chi connectivity index (χ2n) is 5.65. The van der Waals surface area contributed by atoms with Gasteiger partial charge in [0.25, 0.3) is 5.91 Å². The molecule has 19 heavy (non-hydrogen) atoms. The molecule has 0 aliphatic carbocycles. The average Bonchev–Trinajstić information content (AvgIpc) is 2.56. The molecule has 1 saturated heterocycles. The Hall–Kier alpha value is -1.79. The summed E-state index contributed by atoms with van der Waals surface area (Å²) >= 11 is 0. The molecule has 1 fully saturated rings. The molecule has 1 rings (SSSR count). The van der Waals surface area contributed by atoms with Gasteiger partial charge in [0.2, 0.25) is 0 Å². The van der Waals surface area contributed by atoms with Crippen LogP contribution >= 0.6 is 0 Å². The minimum atomic E-state index is -0.696. The first-order valence-electron chi connectivity index (χ1n) is 6.14. The van der Waals surface area contributed by atoms with Crippen LogP contribution < -0.4 is 5.32 Å². The van der Waals surface area contributed by atoms with Gasteiger partial charge in [0, 0.05) is 20.6 Å². The Morgan fingerprint density at radius 3 is 2.42 bits per heavy atom. The third-order valence-corrected chi connectivity index (χ3v) is 2.51. The summed E-state index contributed by atoms with van der Waals surface area (Å²) in [4.78, 5) is 37.7. The number of likely N-dealkylation sites (tertiary alicyclic amines) is 1. The first-order chi connectivity index (χ1) is 8.61. The molecule has 7 heteroatoms. The van der Waals surface area contributed by atoms with Crippen molar-refractivity contribution in [3.05, 3.63) is 0 Å². The lowest BCUT2D eigenvalue weighted by Gasteiger charge is -2.22. The molecule has 0 saturated carbocycles. The molecule has 0 aromatic carbocycles. The lowest BCUT2D eigenvalue weighted by molar-refractivity contribution is -0.127. The van der Waals surface area contributed by atoms with Crippen LogP contribution in [0.4, 0.5) is 9.59 Å². The van der Waals surface area contributed by atoms with Crippen LogP contribution in [0.5, 0.6) is 0 Å². The summed E-state index contributed by atoms with van der Waals surface area (Å²) < 4.78 is 5.08. The van der Waals surface area contributed by atoms with Crippen molar-refractivity contribution < 1.29 is 19.1 Å². The molecule has 4 amide bonds. The Morgan fingerprint density at radius 1 is 1.37 bits per heavy atom. The summed E-state index contributed by atoms with van der Waals surface area (Å²) in [6, 6.07) is -1.07. The van der Waals surface area contributed by atoms with Gasteiger partial charge in [-0.15, -0.1) is 0 Å². The van der Waals surface area contributed by atoms with Gasteiger partial charge in [0.15, 0.2) is 0 Å². The summed E-state index contributed by atoms with van der Waals surface area (Å²) in [5, 5.41) is 2.49. The first kappa shape index (κ1) is 15.3. The molecule has 108 valence electrons. The number of urea groups is 1. The Balaban J connectivity index is 2.57. The highest BCUT2D eigenvalue weighted by Gasteiger charge is 2.37. The highest BCUT2D eigenvalue weighted by atomic mass is 16.6. The van der Waals surface area contributed by atoms with E-state index in [0.717, 1.165) is 4.90 Å². The quantitative estimate of drug-likeness (QED) is 0.765. The molecule has 1 heterocycles. The van der Waals surface area contributed by atoms with Crippen LogP contribution in [0.15, 0.2) is 0 Å². The zero-order valence-corrected chi connectivity index (χ0v) is 12.0. The molecule has 1 atom stereocenters. The van der Waals surface area contributed by atoms with Crippen LogP contribution in [0.25, 0.3) is 0 Å². The van der Waals surface area contributed by atoms with E-state index in [2.05, 4.69) is 5.32 Å². The summed E-state index contributed by atoms with van der Waals surface area (Å²) in [7, 11) is 3.15. The number of imide groups is 1. The molecular weight excluding hydrogens is 250 g/mol. The summed E-state index contributed by atoms with van der Waals surface area (Å²) in [6.07, 6.45) is -0.248. The number of hydrogen-bond acceptors (Lipinski definition) is 4. The standard InChI is InChI=1S/C12H21N3O4/c1-12(2,3)19-10(17)13-8-6-7-15(9(8)16)11(18)14(4)5/h8H,6-7H2,1-5H3,(H,13,17)/t8-/m0/s1. The fourth-order valence-corrected chi connectivity index (χ4v) is 1.70. The van der Waals surface area contributed by atoms with E-state index >= 15 is 0 Å².